The summed E-state index contributed by atoms with van der Waals surface area (Å²) in [4.78, 5) is 57.9. The molecule has 15 heteroatoms. The van der Waals surface area contributed by atoms with Crippen molar-refractivity contribution in [3.63, 3.8) is 0 Å². The number of nitrogen functional groups attached to an aromatic ring is 1. The van der Waals surface area contributed by atoms with E-state index in [4.69, 9.17) is 25.5 Å². The molecule has 0 aliphatic carbocycles. The van der Waals surface area contributed by atoms with Crippen LogP contribution in [-0.2, 0) is 28.8 Å². The van der Waals surface area contributed by atoms with Crippen molar-refractivity contribution in [3.05, 3.63) is 11.1 Å². The number of aliphatic hydroxyl groups is 1. The second kappa shape index (κ2) is 9.93. The summed E-state index contributed by atoms with van der Waals surface area (Å²) in [6.45, 7) is -1.08. The van der Waals surface area contributed by atoms with Crippen LogP contribution in [0.3, 0.4) is 0 Å². The number of hydrogen-bond donors (Lipinski definition) is 4. The van der Waals surface area contributed by atoms with Gasteiger partial charge in [-0.1, -0.05) is 5.16 Å². The molecule has 0 saturated carbocycles. The lowest BCUT2D eigenvalue weighted by Crippen LogP contribution is -2.70. The van der Waals surface area contributed by atoms with Gasteiger partial charge < -0.3 is 30.8 Å². The molecule has 31 heavy (non-hydrogen) atoms. The number of oxime groups is 1. The number of ether oxygens (including phenoxy) is 1. The van der Waals surface area contributed by atoms with Crippen molar-refractivity contribution in [3.8, 4) is 0 Å². The molecule has 3 heterocycles. The summed E-state index contributed by atoms with van der Waals surface area (Å²) in [6, 6.07) is -0.913. The number of esters is 1. The lowest BCUT2D eigenvalue weighted by atomic mass is 10.1. The van der Waals surface area contributed by atoms with Crippen molar-refractivity contribution >= 4 is 57.7 Å². The summed E-state index contributed by atoms with van der Waals surface area (Å²) in [6.07, 6.45) is -0.883. The van der Waals surface area contributed by atoms with Gasteiger partial charge in [0, 0.05) is 11.8 Å². The van der Waals surface area contributed by atoms with Crippen LogP contribution in [0.15, 0.2) is 10.5 Å². The number of nitrogens with zero attached hydrogens (tertiary/aromatic N) is 3. The molecular formula is C16H19N5O8S2. The fourth-order valence-corrected chi connectivity index (χ4v) is 4.52. The molecule has 2 aliphatic rings. The number of anilines is 1. The number of thioether (sulfide) groups is 1. The first-order valence-corrected chi connectivity index (χ1v) is 10.9. The lowest BCUT2D eigenvalue weighted by Gasteiger charge is -2.45. The Kier molecular flexibility index (Phi) is 7.29. The van der Waals surface area contributed by atoms with Gasteiger partial charge in [-0.15, -0.1) is 23.1 Å². The molecule has 0 bridgehead atoms. The van der Waals surface area contributed by atoms with Gasteiger partial charge in [0.05, 0.1) is 6.61 Å². The minimum atomic E-state index is -1.70. The van der Waals surface area contributed by atoms with Crippen molar-refractivity contribution in [2.45, 2.75) is 30.4 Å². The Balaban J connectivity index is 1.76. The molecule has 168 valence electrons. The Morgan fingerprint density at radius 3 is 2.90 bits per heavy atom. The van der Waals surface area contributed by atoms with Gasteiger partial charge in [-0.2, -0.15) is 0 Å². The van der Waals surface area contributed by atoms with E-state index in [9.17, 15) is 19.2 Å². The maximum absolute atomic E-state index is 12.8. The van der Waals surface area contributed by atoms with Crippen LogP contribution < -0.4 is 11.1 Å². The Labute approximate surface area is 183 Å². The first-order valence-electron chi connectivity index (χ1n) is 8.99. The molecule has 2 saturated heterocycles. The van der Waals surface area contributed by atoms with Crippen LogP contribution in [-0.4, -0.2) is 86.2 Å². The minimum Gasteiger partial charge on any atom is -0.478 e. The number of cyclic esters (lactones) is 1. The molecule has 3 rings (SSSR count). The van der Waals surface area contributed by atoms with E-state index >= 15 is 0 Å². The highest BCUT2D eigenvalue weighted by Gasteiger charge is 2.49. The van der Waals surface area contributed by atoms with E-state index in [2.05, 4.69) is 15.5 Å². The fourth-order valence-electron chi connectivity index (χ4n) is 2.70. The van der Waals surface area contributed by atoms with Crippen LogP contribution in [0.4, 0.5) is 5.13 Å². The first kappa shape index (κ1) is 22.8. The van der Waals surface area contributed by atoms with Crippen molar-refractivity contribution in [1.29, 1.82) is 0 Å². The molecular weight excluding hydrogens is 454 g/mol. The summed E-state index contributed by atoms with van der Waals surface area (Å²) in [5, 5.41) is 25.2. The summed E-state index contributed by atoms with van der Waals surface area (Å²) >= 11 is 2.41. The van der Waals surface area contributed by atoms with Crippen molar-refractivity contribution < 1.29 is 39.0 Å². The summed E-state index contributed by atoms with van der Waals surface area (Å²) in [7, 11) is 0. The number of aliphatic hydroxyl groups excluding tert-OH is 1. The second-order valence-electron chi connectivity index (χ2n) is 6.40. The monoisotopic (exact) mass is 473 g/mol. The highest BCUT2D eigenvalue weighted by atomic mass is 32.2. The van der Waals surface area contributed by atoms with Crippen molar-refractivity contribution in [2.75, 3.05) is 24.8 Å². The number of nitrogens with one attached hydrogen (secondary N) is 1. The van der Waals surface area contributed by atoms with E-state index in [1.807, 2.05) is 0 Å². The van der Waals surface area contributed by atoms with Gasteiger partial charge in [-0.3, -0.25) is 19.3 Å². The number of carboxylic acid groups (broad SMARTS) is 1. The number of β-lactam (4-membered cyclic amide) rings is 1. The molecule has 1 aromatic rings. The maximum Gasteiger partial charge on any atom is 0.350 e. The predicted molar refractivity (Wildman–Crippen MR) is 108 cm³/mol. The maximum atomic E-state index is 12.8. The number of rotatable bonds is 7. The molecule has 2 fully saturated rings. The average molecular weight is 473 g/mol. The van der Waals surface area contributed by atoms with Crippen LogP contribution in [0.2, 0.25) is 0 Å². The first-order chi connectivity index (χ1) is 14.8. The van der Waals surface area contributed by atoms with Gasteiger partial charge in [-0.25, -0.2) is 9.78 Å². The Morgan fingerprint density at radius 2 is 2.26 bits per heavy atom. The highest BCUT2D eigenvalue weighted by Crippen LogP contribution is 2.31. The third kappa shape index (κ3) is 5.23. The van der Waals surface area contributed by atoms with Crippen LogP contribution in [0.5, 0.6) is 0 Å². The molecule has 2 amide bonds. The molecule has 0 radical (unpaired) electrons. The number of carbonyl (C=O) groups is 4. The van der Waals surface area contributed by atoms with E-state index in [0.29, 0.717) is 12.2 Å². The molecule has 1 aromatic heterocycles. The van der Waals surface area contributed by atoms with Crippen molar-refractivity contribution in [1.82, 2.24) is 15.2 Å². The summed E-state index contributed by atoms with van der Waals surface area (Å²) in [5.41, 5.74) is 5.20. The summed E-state index contributed by atoms with van der Waals surface area (Å²) in [5.74, 6) is -2.59. The number of carboxylic acids is 1. The number of nitrogens with two attached hydrogens (primary N) is 1. The zero-order chi connectivity index (χ0) is 22.5. The minimum absolute atomic E-state index is 0.0155. The molecule has 3 atom stereocenters. The van der Waals surface area contributed by atoms with Gasteiger partial charge in [0.25, 0.3) is 11.8 Å². The Hall–Kier alpha value is -2.91. The number of amides is 2. The van der Waals surface area contributed by atoms with E-state index in [1.165, 1.54) is 22.0 Å². The molecule has 5 N–H and O–H groups in total. The average Bonchev–Trinajstić information content (AvgIpc) is 3.18. The zero-order valence-corrected chi connectivity index (χ0v) is 17.6. The Morgan fingerprint density at radius 1 is 1.48 bits per heavy atom. The predicted octanol–water partition coefficient (Wildman–Crippen LogP) is -1.43. The largest absolute Gasteiger partial charge is 0.478 e. The molecule has 2 aliphatic heterocycles. The molecule has 0 aromatic carbocycles. The topological polar surface area (TPSA) is 194 Å². The third-order valence-corrected chi connectivity index (χ3v) is 6.37. The van der Waals surface area contributed by atoms with Gasteiger partial charge in [0.15, 0.2) is 17.6 Å². The lowest BCUT2D eigenvalue weighted by molar-refractivity contribution is -0.163. The smallest absolute Gasteiger partial charge is 0.350 e. The van der Waals surface area contributed by atoms with Crippen LogP contribution in [0.25, 0.3) is 0 Å². The third-order valence-electron chi connectivity index (χ3n) is 4.30. The normalized spacial score (nSPS) is 22.7. The van der Waals surface area contributed by atoms with E-state index < -0.39 is 53.6 Å². The Bertz CT molecular complexity index is 906. The zero-order valence-electron chi connectivity index (χ0n) is 15.9. The standard InChI is InChI=1S/C16H19N5O8S2/c17-16-18-7(5-31-16)10(20-29-8(4-22)15(26)27)12(24)19-11-13(25)21-6-28-9(23)2-1-3-30-14(11)21/h5,8,11,14,22H,1-4,6H2,(H2,17,18)(H,19,24)(H,26,27)/b20-10-/t8-,11-,14-/m1/s1. The van der Waals surface area contributed by atoms with E-state index in [-0.39, 0.29) is 24.0 Å². The number of thiazole rings is 1. The number of aliphatic carboxylic acids is 1. The number of fused-ring (bicyclic) bond motifs is 1. The van der Waals surface area contributed by atoms with Gasteiger partial charge in [0.1, 0.15) is 17.1 Å². The van der Waals surface area contributed by atoms with E-state index in [1.54, 1.807) is 0 Å². The van der Waals surface area contributed by atoms with Crippen LogP contribution in [0, 0.1) is 0 Å². The number of aromatic nitrogens is 1. The number of hydrogen-bond acceptors (Lipinski definition) is 12. The fraction of sp³-hybridized carbons (Fsp3) is 0.500. The molecule has 0 unspecified atom stereocenters. The van der Waals surface area contributed by atoms with E-state index in [0.717, 1.165) is 11.3 Å². The van der Waals surface area contributed by atoms with Crippen LogP contribution in [0.1, 0.15) is 18.5 Å². The SMILES string of the molecule is Nc1nc(/C(=N/O[C@H](CO)C(=O)O)C(=O)N[C@@H]2C(=O)N3COC(=O)CCCS[C@H]23)cs1. The highest BCUT2D eigenvalue weighted by molar-refractivity contribution is 8.00. The van der Waals surface area contributed by atoms with Crippen LogP contribution >= 0.6 is 23.1 Å². The number of carbonyl (C=O) groups excluding carboxylic acids is 3. The van der Waals surface area contributed by atoms with Crippen molar-refractivity contribution in [2.24, 2.45) is 5.16 Å². The summed E-state index contributed by atoms with van der Waals surface area (Å²) < 4.78 is 5.03. The molecule has 0 spiro atoms. The second-order valence-corrected chi connectivity index (χ2v) is 8.51. The van der Waals surface area contributed by atoms with Gasteiger partial charge in [-0.05, 0) is 12.2 Å². The molecule has 13 nitrogen and oxygen atoms in total. The van der Waals surface area contributed by atoms with Gasteiger partial charge in [0.2, 0.25) is 6.10 Å². The quantitative estimate of drug-likeness (QED) is 0.157. The van der Waals surface area contributed by atoms with Gasteiger partial charge >= 0.3 is 11.9 Å².